The summed E-state index contributed by atoms with van der Waals surface area (Å²) in [4.78, 5) is 27.9. The van der Waals surface area contributed by atoms with Crippen LogP contribution in [0.3, 0.4) is 0 Å². The zero-order valence-electron chi connectivity index (χ0n) is 17.0. The number of halogens is 1. The fraction of sp³-hybridized carbons (Fsp3) is 0.333. The molecular weight excluding hydrogens is 446 g/mol. The maximum absolute atomic E-state index is 13.1. The van der Waals surface area contributed by atoms with Crippen LogP contribution in [0.5, 0.6) is 5.75 Å². The Morgan fingerprint density at radius 3 is 2.37 bits per heavy atom. The third-order valence-electron chi connectivity index (χ3n) is 6.06. The number of ketones is 1. The molecule has 2 aliphatic rings. The molecule has 4 rings (SSSR count). The summed E-state index contributed by atoms with van der Waals surface area (Å²) in [6, 6.07) is 12.1. The molecular formula is C24H24BrNO4. The Kier molecular flexibility index (Phi) is 5.69. The molecule has 156 valence electrons. The maximum Gasteiger partial charge on any atom is 0.295 e. The topological polar surface area (TPSA) is 66.8 Å². The highest BCUT2D eigenvalue weighted by Gasteiger charge is 2.49. The van der Waals surface area contributed by atoms with E-state index in [1.54, 1.807) is 18.1 Å². The number of amides is 1. The second kappa shape index (κ2) is 8.26. The van der Waals surface area contributed by atoms with Crippen LogP contribution in [0.15, 0.2) is 52.5 Å². The van der Waals surface area contributed by atoms with Crippen LogP contribution in [0.2, 0.25) is 0 Å². The summed E-state index contributed by atoms with van der Waals surface area (Å²) in [6.07, 6.45) is 3.82. The van der Waals surface area contributed by atoms with Gasteiger partial charge in [0.2, 0.25) is 0 Å². The quantitative estimate of drug-likeness (QED) is 0.382. The van der Waals surface area contributed by atoms with Crippen molar-refractivity contribution in [1.29, 1.82) is 0 Å². The van der Waals surface area contributed by atoms with E-state index >= 15 is 0 Å². The molecule has 1 saturated heterocycles. The van der Waals surface area contributed by atoms with Crippen molar-refractivity contribution < 1.29 is 19.4 Å². The molecule has 1 heterocycles. The monoisotopic (exact) mass is 469 g/mol. The van der Waals surface area contributed by atoms with E-state index in [1.165, 1.54) is 0 Å². The minimum atomic E-state index is -0.624. The Morgan fingerprint density at radius 1 is 1.10 bits per heavy atom. The molecule has 0 bridgehead atoms. The maximum atomic E-state index is 13.1. The Hall–Kier alpha value is -2.60. The van der Waals surface area contributed by atoms with E-state index in [-0.39, 0.29) is 17.4 Å². The lowest BCUT2D eigenvalue weighted by molar-refractivity contribution is -0.141. The molecule has 1 aliphatic heterocycles. The van der Waals surface area contributed by atoms with Gasteiger partial charge in [-0.15, -0.1) is 0 Å². The third kappa shape index (κ3) is 3.54. The summed E-state index contributed by atoms with van der Waals surface area (Å²) in [5, 5.41) is 11.2. The number of methoxy groups -OCH3 is 1. The van der Waals surface area contributed by atoms with E-state index in [0.717, 1.165) is 41.3 Å². The highest BCUT2D eigenvalue weighted by molar-refractivity contribution is 9.10. The van der Waals surface area contributed by atoms with Crippen molar-refractivity contribution >= 4 is 33.4 Å². The van der Waals surface area contributed by atoms with Crippen LogP contribution in [-0.4, -0.2) is 34.8 Å². The number of carbonyl (C=O) groups excluding carboxylic acids is 2. The van der Waals surface area contributed by atoms with Crippen LogP contribution < -0.4 is 4.74 Å². The molecule has 2 aromatic rings. The Bertz CT molecular complexity index is 1020. The minimum Gasteiger partial charge on any atom is -0.507 e. The first-order chi connectivity index (χ1) is 14.4. The van der Waals surface area contributed by atoms with Gasteiger partial charge in [0.15, 0.2) is 0 Å². The Balaban J connectivity index is 1.87. The summed E-state index contributed by atoms with van der Waals surface area (Å²) in [5.41, 5.74) is 2.40. The third-order valence-corrected chi connectivity index (χ3v) is 6.95. The van der Waals surface area contributed by atoms with Gasteiger partial charge in [0.05, 0.1) is 18.7 Å². The molecule has 1 aliphatic carbocycles. The Morgan fingerprint density at radius 2 is 1.77 bits per heavy atom. The van der Waals surface area contributed by atoms with Gasteiger partial charge in [-0.25, -0.2) is 0 Å². The molecule has 2 aromatic carbocycles. The van der Waals surface area contributed by atoms with Crippen LogP contribution in [-0.2, 0) is 9.59 Å². The van der Waals surface area contributed by atoms with Gasteiger partial charge in [-0.2, -0.15) is 0 Å². The van der Waals surface area contributed by atoms with Crippen LogP contribution in [0.25, 0.3) is 5.76 Å². The lowest BCUT2D eigenvalue weighted by Crippen LogP contribution is -2.37. The van der Waals surface area contributed by atoms with Crippen molar-refractivity contribution in [3.8, 4) is 5.75 Å². The fourth-order valence-corrected chi connectivity index (χ4v) is 4.72. The molecule has 1 atom stereocenters. The van der Waals surface area contributed by atoms with Gasteiger partial charge in [-0.05, 0) is 55.2 Å². The standard InChI is InChI=1S/C24H24BrNO4/c1-14-13-16(9-12-19(14)25)22(27)20-21(15-7-10-18(30-2)11-8-15)26(24(29)23(20)28)17-5-3-4-6-17/h7-13,17,21,27H,3-6H2,1-2H3/b22-20-. The molecule has 1 amide bonds. The number of aliphatic hydroxyl groups excluding tert-OH is 1. The number of nitrogens with zero attached hydrogens (tertiary/aromatic N) is 1. The van der Waals surface area contributed by atoms with Crippen LogP contribution >= 0.6 is 15.9 Å². The number of aryl methyl sites for hydroxylation is 1. The number of benzene rings is 2. The number of ether oxygens (including phenoxy) is 1. The van der Waals surface area contributed by atoms with E-state index in [2.05, 4.69) is 15.9 Å². The highest BCUT2D eigenvalue weighted by Crippen LogP contribution is 2.43. The van der Waals surface area contributed by atoms with Crippen LogP contribution in [0.1, 0.15) is 48.4 Å². The molecule has 0 aromatic heterocycles. The molecule has 6 heteroatoms. The summed E-state index contributed by atoms with van der Waals surface area (Å²) < 4.78 is 6.17. The zero-order chi connectivity index (χ0) is 21.4. The second-order valence-electron chi connectivity index (χ2n) is 7.88. The van der Waals surface area contributed by atoms with Crippen molar-refractivity contribution in [2.24, 2.45) is 0 Å². The first-order valence-corrected chi connectivity index (χ1v) is 10.9. The van der Waals surface area contributed by atoms with Gasteiger partial charge < -0.3 is 14.7 Å². The van der Waals surface area contributed by atoms with E-state index in [1.807, 2.05) is 43.3 Å². The molecule has 5 nitrogen and oxygen atoms in total. The number of aliphatic hydroxyl groups is 1. The SMILES string of the molecule is COc1ccc(C2/C(=C(/O)c3ccc(Br)c(C)c3)C(=O)C(=O)N2C2CCCC2)cc1. The zero-order valence-corrected chi connectivity index (χ0v) is 18.6. The van der Waals surface area contributed by atoms with Gasteiger partial charge in [0, 0.05) is 16.1 Å². The number of likely N-dealkylation sites (tertiary alicyclic amines) is 1. The van der Waals surface area contributed by atoms with E-state index in [9.17, 15) is 14.7 Å². The van der Waals surface area contributed by atoms with Gasteiger partial charge in [0.1, 0.15) is 11.5 Å². The van der Waals surface area contributed by atoms with Gasteiger partial charge >= 0.3 is 0 Å². The number of rotatable bonds is 4. The van der Waals surface area contributed by atoms with Crippen molar-refractivity contribution in [3.63, 3.8) is 0 Å². The molecule has 0 spiro atoms. The molecule has 1 N–H and O–H groups in total. The second-order valence-corrected chi connectivity index (χ2v) is 8.74. The Labute approximate surface area is 184 Å². The van der Waals surface area contributed by atoms with Crippen LogP contribution in [0, 0.1) is 6.92 Å². The lowest BCUT2D eigenvalue weighted by Gasteiger charge is -2.30. The lowest BCUT2D eigenvalue weighted by atomic mass is 9.94. The first kappa shape index (κ1) is 20.7. The first-order valence-electron chi connectivity index (χ1n) is 10.1. The normalized spacial score (nSPS) is 21.4. The predicted octanol–water partition coefficient (Wildman–Crippen LogP) is 5.13. The molecule has 30 heavy (non-hydrogen) atoms. The minimum absolute atomic E-state index is 0.00510. The smallest absolute Gasteiger partial charge is 0.295 e. The largest absolute Gasteiger partial charge is 0.507 e. The summed E-state index contributed by atoms with van der Waals surface area (Å²) in [6.45, 7) is 1.92. The van der Waals surface area contributed by atoms with Gasteiger partial charge in [0.25, 0.3) is 11.7 Å². The molecule has 0 radical (unpaired) electrons. The molecule has 1 saturated carbocycles. The highest BCUT2D eigenvalue weighted by atomic mass is 79.9. The van der Waals surface area contributed by atoms with E-state index in [4.69, 9.17) is 4.74 Å². The summed E-state index contributed by atoms with van der Waals surface area (Å²) in [7, 11) is 1.59. The van der Waals surface area contributed by atoms with E-state index in [0.29, 0.717) is 11.3 Å². The van der Waals surface area contributed by atoms with Gasteiger partial charge in [-0.1, -0.05) is 47.0 Å². The van der Waals surface area contributed by atoms with Crippen LogP contribution in [0.4, 0.5) is 0 Å². The average molecular weight is 470 g/mol. The average Bonchev–Trinajstić information content (AvgIpc) is 3.36. The number of carbonyl (C=O) groups is 2. The van der Waals surface area contributed by atoms with E-state index < -0.39 is 17.7 Å². The number of Topliss-reactive ketones (excluding diaryl/α,β-unsaturated/α-hetero) is 1. The summed E-state index contributed by atoms with van der Waals surface area (Å²) >= 11 is 3.46. The van der Waals surface area contributed by atoms with Crippen molar-refractivity contribution in [3.05, 3.63) is 69.2 Å². The summed E-state index contributed by atoms with van der Waals surface area (Å²) in [5.74, 6) is -0.593. The predicted molar refractivity (Wildman–Crippen MR) is 118 cm³/mol. The molecule has 1 unspecified atom stereocenters. The van der Waals surface area contributed by atoms with Crippen molar-refractivity contribution in [2.75, 3.05) is 7.11 Å². The number of hydrogen-bond acceptors (Lipinski definition) is 4. The van der Waals surface area contributed by atoms with Gasteiger partial charge in [-0.3, -0.25) is 9.59 Å². The van der Waals surface area contributed by atoms with Crippen molar-refractivity contribution in [1.82, 2.24) is 4.90 Å². The number of hydrogen-bond donors (Lipinski definition) is 1. The van der Waals surface area contributed by atoms with Crippen molar-refractivity contribution in [2.45, 2.75) is 44.7 Å². The fourth-order valence-electron chi connectivity index (χ4n) is 4.47. The molecule has 2 fully saturated rings.